The first-order valence-electron chi connectivity index (χ1n) is 20.4. The molecular formula is C56H41N3. The number of nitrogens with one attached hydrogen (secondary N) is 2. The second-order valence-electron chi connectivity index (χ2n) is 15.4. The maximum absolute atomic E-state index is 3.96. The second-order valence-corrected chi connectivity index (χ2v) is 15.4. The van der Waals surface area contributed by atoms with Gasteiger partial charge in [-0.1, -0.05) is 188 Å². The van der Waals surface area contributed by atoms with Gasteiger partial charge < -0.3 is 9.88 Å². The average Bonchev–Trinajstić information content (AvgIpc) is 3.65. The minimum atomic E-state index is -0.0987. The zero-order valence-corrected chi connectivity index (χ0v) is 32.5. The van der Waals surface area contributed by atoms with E-state index < -0.39 is 0 Å². The lowest BCUT2D eigenvalue weighted by atomic mass is 9.91. The van der Waals surface area contributed by atoms with Crippen molar-refractivity contribution in [3.8, 4) is 39.1 Å². The summed E-state index contributed by atoms with van der Waals surface area (Å²) in [6.45, 7) is 0. The Morgan fingerprint density at radius 3 is 1.53 bits per heavy atom. The molecule has 3 nitrogen and oxygen atoms in total. The molecule has 9 aromatic carbocycles. The highest BCUT2D eigenvalue weighted by Gasteiger charge is 2.27. The van der Waals surface area contributed by atoms with Gasteiger partial charge in [0, 0.05) is 27.4 Å². The first-order chi connectivity index (χ1) is 29.3. The number of hydrogen-bond donors (Lipinski definition) is 2. The third-order valence-electron chi connectivity index (χ3n) is 11.9. The summed E-state index contributed by atoms with van der Waals surface area (Å²) in [5.74, 6) is 0. The molecule has 2 unspecified atom stereocenters. The molecule has 1 aliphatic heterocycles. The fraction of sp³-hybridized carbons (Fsp3) is 0.0357. The molecule has 0 saturated heterocycles. The molecule has 0 amide bonds. The van der Waals surface area contributed by atoms with Gasteiger partial charge in [0.25, 0.3) is 0 Å². The molecule has 1 aromatic heterocycles. The molecule has 0 bridgehead atoms. The summed E-state index contributed by atoms with van der Waals surface area (Å²) in [5.41, 5.74) is 15.5. The third kappa shape index (κ3) is 6.29. The van der Waals surface area contributed by atoms with E-state index in [1.165, 1.54) is 82.6 Å². The van der Waals surface area contributed by atoms with Crippen LogP contribution in [0.1, 0.15) is 28.9 Å². The van der Waals surface area contributed by atoms with Crippen LogP contribution < -0.4 is 10.6 Å². The molecule has 0 radical (unpaired) electrons. The fourth-order valence-corrected chi connectivity index (χ4v) is 9.08. The van der Waals surface area contributed by atoms with Gasteiger partial charge in [-0.25, -0.2) is 0 Å². The summed E-state index contributed by atoms with van der Waals surface area (Å²) in [6.07, 6.45) is 2.28. The van der Waals surface area contributed by atoms with Gasteiger partial charge in [0.2, 0.25) is 0 Å². The molecule has 3 heteroatoms. The van der Waals surface area contributed by atoms with Crippen LogP contribution in [0.2, 0.25) is 0 Å². The van der Waals surface area contributed by atoms with Crippen molar-refractivity contribution in [2.24, 2.45) is 0 Å². The van der Waals surface area contributed by atoms with Crippen molar-refractivity contribution in [3.05, 3.63) is 241 Å². The number of fused-ring (bicyclic) bond motifs is 4. The Bertz CT molecular complexity index is 3050. The molecule has 2 atom stereocenters. The number of hydrogen-bond acceptors (Lipinski definition) is 2. The van der Waals surface area contributed by atoms with Gasteiger partial charge >= 0.3 is 0 Å². The zero-order valence-electron chi connectivity index (χ0n) is 32.5. The maximum atomic E-state index is 3.96. The largest absolute Gasteiger partial charge is 0.366 e. The number of nitrogens with zero attached hydrogens (tertiary/aromatic N) is 1. The normalized spacial score (nSPS) is 15.3. The highest BCUT2D eigenvalue weighted by atomic mass is 15.2. The zero-order chi connectivity index (χ0) is 39.1. The van der Waals surface area contributed by atoms with E-state index in [9.17, 15) is 0 Å². The maximum Gasteiger partial charge on any atom is 0.104 e. The van der Waals surface area contributed by atoms with Gasteiger partial charge in [0.05, 0.1) is 22.8 Å². The standard InChI is InChI=1S/C56H41N3/c1-5-17-38(18-6-1)42-29-32-54-49(35-42)50-36-43(39-19-7-2-8-20-39)30-33-55(50)59(54)53-34-31-47(45-26-14-16-28-48(45)53)52-37-51(57-56(58-52)41-23-11-4-12-24-41)46-27-15-13-25-44(46)40-21-9-3-10-22-40/h1-37,51,56-58H. The predicted octanol–water partition coefficient (Wildman–Crippen LogP) is 13.9. The fourth-order valence-electron chi connectivity index (χ4n) is 9.08. The smallest absolute Gasteiger partial charge is 0.104 e. The Kier molecular flexibility index (Phi) is 8.72. The van der Waals surface area contributed by atoms with E-state index in [1.54, 1.807) is 0 Å². The van der Waals surface area contributed by atoms with Gasteiger partial charge in [-0.2, -0.15) is 0 Å². The number of benzene rings is 9. The highest BCUT2D eigenvalue weighted by Crippen LogP contribution is 2.41. The van der Waals surface area contributed by atoms with Crippen molar-refractivity contribution in [3.63, 3.8) is 0 Å². The Morgan fingerprint density at radius 1 is 0.373 bits per heavy atom. The monoisotopic (exact) mass is 755 g/mol. The molecule has 0 aliphatic carbocycles. The van der Waals surface area contributed by atoms with Crippen LogP contribution in [0.25, 0.3) is 77.3 Å². The summed E-state index contributed by atoms with van der Waals surface area (Å²) in [4.78, 5) is 0. The van der Waals surface area contributed by atoms with Crippen LogP contribution in [0.15, 0.2) is 224 Å². The molecule has 10 aromatic rings. The van der Waals surface area contributed by atoms with Gasteiger partial charge in [0.1, 0.15) is 6.17 Å². The second kappa shape index (κ2) is 14.8. The van der Waals surface area contributed by atoms with Gasteiger partial charge in [-0.15, -0.1) is 0 Å². The van der Waals surface area contributed by atoms with E-state index in [1.807, 2.05) is 0 Å². The molecule has 11 rings (SSSR count). The summed E-state index contributed by atoms with van der Waals surface area (Å²) in [6, 6.07) is 79.0. The van der Waals surface area contributed by atoms with E-state index in [0.29, 0.717) is 0 Å². The van der Waals surface area contributed by atoms with Crippen molar-refractivity contribution in [2.45, 2.75) is 12.2 Å². The Balaban J connectivity index is 1.10. The van der Waals surface area contributed by atoms with Gasteiger partial charge in [-0.05, 0) is 86.3 Å². The third-order valence-corrected chi connectivity index (χ3v) is 11.9. The number of rotatable bonds is 7. The lowest BCUT2D eigenvalue weighted by molar-refractivity contribution is 0.443. The summed E-state index contributed by atoms with van der Waals surface area (Å²) < 4.78 is 2.47. The first-order valence-corrected chi connectivity index (χ1v) is 20.4. The minimum absolute atomic E-state index is 0.0405. The van der Waals surface area contributed by atoms with Crippen LogP contribution in [0.5, 0.6) is 0 Å². The topological polar surface area (TPSA) is 29.0 Å². The van der Waals surface area contributed by atoms with E-state index in [2.05, 4.69) is 240 Å². The SMILES string of the molecule is C1=C(c2ccc(-n3c4ccc(-c5ccccc5)cc4c4cc(-c5ccccc5)ccc43)c3ccccc23)NC(c2ccccc2)NC1c1ccccc1-c1ccccc1. The molecule has 2 heterocycles. The quantitative estimate of drug-likeness (QED) is 0.170. The van der Waals surface area contributed by atoms with Crippen LogP contribution in [0.4, 0.5) is 0 Å². The lowest BCUT2D eigenvalue weighted by Gasteiger charge is -2.34. The Hall–Kier alpha value is -7.46. The first kappa shape index (κ1) is 34.8. The summed E-state index contributed by atoms with van der Waals surface area (Å²) in [5, 5.41) is 12.8. The molecule has 0 spiro atoms. The van der Waals surface area contributed by atoms with Crippen molar-refractivity contribution in [2.75, 3.05) is 0 Å². The van der Waals surface area contributed by atoms with Crippen LogP contribution in [-0.4, -0.2) is 4.57 Å². The molecule has 59 heavy (non-hydrogen) atoms. The molecule has 0 fully saturated rings. The van der Waals surface area contributed by atoms with E-state index >= 15 is 0 Å². The van der Waals surface area contributed by atoms with Crippen LogP contribution in [0, 0.1) is 0 Å². The molecule has 280 valence electrons. The van der Waals surface area contributed by atoms with E-state index in [0.717, 1.165) is 11.4 Å². The van der Waals surface area contributed by atoms with Crippen molar-refractivity contribution >= 4 is 38.3 Å². The summed E-state index contributed by atoms with van der Waals surface area (Å²) in [7, 11) is 0. The van der Waals surface area contributed by atoms with Crippen molar-refractivity contribution < 1.29 is 0 Å². The van der Waals surface area contributed by atoms with Crippen LogP contribution in [-0.2, 0) is 0 Å². The lowest BCUT2D eigenvalue weighted by Crippen LogP contribution is -2.39. The molecule has 1 aliphatic rings. The van der Waals surface area contributed by atoms with Crippen molar-refractivity contribution in [1.29, 1.82) is 0 Å². The van der Waals surface area contributed by atoms with Gasteiger partial charge in [-0.3, -0.25) is 5.32 Å². The molecule has 0 saturated carbocycles. The van der Waals surface area contributed by atoms with Crippen LogP contribution >= 0.6 is 0 Å². The molecule has 2 N–H and O–H groups in total. The van der Waals surface area contributed by atoms with E-state index in [4.69, 9.17) is 0 Å². The Morgan fingerprint density at radius 2 is 0.898 bits per heavy atom. The van der Waals surface area contributed by atoms with E-state index in [-0.39, 0.29) is 12.2 Å². The average molecular weight is 756 g/mol. The van der Waals surface area contributed by atoms with Crippen LogP contribution in [0.3, 0.4) is 0 Å². The summed E-state index contributed by atoms with van der Waals surface area (Å²) >= 11 is 0. The predicted molar refractivity (Wildman–Crippen MR) is 247 cm³/mol. The van der Waals surface area contributed by atoms with Crippen molar-refractivity contribution in [1.82, 2.24) is 15.2 Å². The van der Waals surface area contributed by atoms with Gasteiger partial charge in [0.15, 0.2) is 0 Å². The number of aromatic nitrogens is 1. The Labute approximate surface area is 344 Å². The highest BCUT2D eigenvalue weighted by molar-refractivity contribution is 6.13. The molecular weight excluding hydrogens is 715 g/mol. The minimum Gasteiger partial charge on any atom is -0.366 e.